The van der Waals surface area contributed by atoms with Gasteiger partial charge in [0, 0.05) is 6.61 Å². The van der Waals surface area contributed by atoms with Gasteiger partial charge in [-0.05, 0) is 19.8 Å². The van der Waals surface area contributed by atoms with E-state index in [-0.39, 0.29) is 12.1 Å². The first kappa shape index (κ1) is 10.6. The summed E-state index contributed by atoms with van der Waals surface area (Å²) in [6, 6.07) is 0.222. The number of rotatable bonds is 3. The van der Waals surface area contributed by atoms with Gasteiger partial charge in [0.05, 0.1) is 18.3 Å². The number of aromatic nitrogens is 2. The lowest BCUT2D eigenvalue weighted by molar-refractivity contribution is 0.0995. The molecule has 0 aromatic carbocycles. The number of hydrogen-bond donors (Lipinski definition) is 1. The summed E-state index contributed by atoms with van der Waals surface area (Å²) in [4.78, 5) is 7.92. The Hall–Kier alpha value is -0.870. The molecular formula is C10H14ClN3O. The first-order chi connectivity index (χ1) is 7.27. The van der Waals surface area contributed by atoms with E-state index in [4.69, 9.17) is 16.3 Å². The molecule has 1 aliphatic rings. The van der Waals surface area contributed by atoms with Crippen LogP contribution in [0.25, 0.3) is 0 Å². The molecular weight excluding hydrogens is 214 g/mol. The van der Waals surface area contributed by atoms with Crippen molar-refractivity contribution in [2.45, 2.75) is 31.9 Å². The zero-order valence-corrected chi connectivity index (χ0v) is 9.37. The van der Waals surface area contributed by atoms with E-state index in [1.807, 2.05) is 0 Å². The summed E-state index contributed by atoms with van der Waals surface area (Å²) >= 11 is 5.95. The van der Waals surface area contributed by atoms with E-state index in [0.29, 0.717) is 10.8 Å². The highest BCUT2D eigenvalue weighted by Crippen LogP contribution is 2.21. The second kappa shape index (κ2) is 4.77. The quantitative estimate of drug-likeness (QED) is 0.859. The Bertz CT molecular complexity index is 328. The maximum absolute atomic E-state index is 5.95. The maximum atomic E-state index is 5.95. The molecule has 15 heavy (non-hydrogen) atoms. The van der Waals surface area contributed by atoms with Gasteiger partial charge in [-0.3, -0.25) is 0 Å². The number of nitrogens with one attached hydrogen (secondary N) is 1. The van der Waals surface area contributed by atoms with E-state index in [1.54, 1.807) is 6.20 Å². The van der Waals surface area contributed by atoms with Crippen LogP contribution in [0.5, 0.6) is 0 Å². The van der Waals surface area contributed by atoms with E-state index in [1.165, 1.54) is 6.33 Å². The van der Waals surface area contributed by atoms with Crippen LogP contribution in [-0.2, 0) is 4.74 Å². The number of hydrogen-bond acceptors (Lipinski definition) is 4. The number of anilines is 1. The average Bonchev–Trinajstić information content (AvgIpc) is 2.74. The van der Waals surface area contributed by atoms with Gasteiger partial charge in [0.1, 0.15) is 17.2 Å². The molecule has 0 radical (unpaired) electrons. The van der Waals surface area contributed by atoms with Crippen LogP contribution < -0.4 is 5.32 Å². The molecule has 2 rings (SSSR count). The van der Waals surface area contributed by atoms with Crippen molar-refractivity contribution in [1.29, 1.82) is 0 Å². The summed E-state index contributed by atoms with van der Waals surface area (Å²) in [6.07, 6.45) is 5.55. The van der Waals surface area contributed by atoms with E-state index >= 15 is 0 Å². The van der Waals surface area contributed by atoms with Gasteiger partial charge in [-0.25, -0.2) is 9.97 Å². The molecule has 1 aromatic rings. The van der Waals surface area contributed by atoms with Crippen LogP contribution in [0, 0.1) is 0 Å². The summed E-state index contributed by atoms with van der Waals surface area (Å²) < 4.78 is 5.58. The third kappa shape index (κ3) is 2.58. The predicted octanol–water partition coefficient (Wildman–Crippen LogP) is 2.11. The molecule has 1 N–H and O–H groups in total. The van der Waals surface area contributed by atoms with Crippen molar-refractivity contribution in [1.82, 2.24) is 9.97 Å². The van der Waals surface area contributed by atoms with E-state index in [9.17, 15) is 0 Å². The van der Waals surface area contributed by atoms with Crippen LogP contribution in [0.1, 0.15) is 19.8 Å². The van der Waals surface area contributed by atoms with Gasteiger partial charge in [0.2, 0.25) is 0 Å². The monoisotopic (exact) mass is 227 g/mol. The Labute approximate surface area is 94.0 Å². The molecule has 82 valence electrons. The summed E-state index contributed by atoms with van der Waals surface area (Å²) in [5, 5.41) is 3.79. The van der Waals surface area contributed by atoms with Crippen molar-refractivity contribution in [2.24, 2.45) is 0 Å². The predicted molar refractivity (Wildman–Crippen MR) is 59.1 cm³/mol. The minimum Gasteiger partial charge on any atom is -0.376 e. The van der Waals surface area contributed by atoms with Crippen molar-refractivity contribution in [2.75, 3.05) is 11.9 Å². The molecule has 0 amide bonds. The minimum absolute atomic E-state index is 0.222. The van der Waals surface area contributed by atoms with Gasteiger partial charge < -0.3 is 10.1 Å². The Kier molecular flexibility index (Phi) is 3.38. The van der Waals surface area contributed by atoms with Crippen molar-refractivity contribution in [3.63, 3.8) is 0 Å². The molecule has 1 fully saturated rings. The molecule has 0 spiro atoms. The Morgan fingerprint density at radius 2 is 2.53 bits per heavy atom. The lowest BCUT2D eigenvalue weighted by Crippen LogP contribution is -2.30. The minimum atomic E-state index is 0.222. The van der Waals surface area contributed by atoms with Gasteiger partial charge >= 0.3 is 0 Å². The largest absolute Gasteiger partial charge is 0.376 e. The molecule has 4 nitrogen and oxygen atoms in total. The SMILES string of the molecule is CC(Nc1ncncc1Cl)C1CCCO1. The molecule has 1 saturated heterocycles. The van der Waals surface area contributed by atoms with Gasteiger partial charge in [0.25, 0.3) is 0 Å². The number of nitrogens with zero attached hydrogens (tertiary/aromatic N) is 2. The fraction of sp³-hybridized carbons (Fsp3) is 0.600. The summed E-state index contributed by atoms with van der Waals surface area (Å²) in [6.45, 7) is 2.93. The Morgan fingerprint density at radius 1 is 1.67 bits per heavy atom. The highest BCUT2D eigenvalue weighted by molar-refractivity contribution is 6.32. The van der Waals surface area contributed by atoms with Gasteiger partial charge in [-0.15, -0.1) is 0 Å². The summed E-state index contributed by atoms with van der Waals surface area (Å²) in [7, 11) is 0. The van der Waals surface area contributed by atoms with Crippen LogP contribution in [0.3, 0.4) is 0 Å². The molecule has 0 saturated carbocycles. The van der Waals surface area contributed by atoms with Crippen LogP contribution in [0.4, 0.5) is 5.82 Å². The van der Waals surface area contributed by atoms with Crippen molar-refractivity contribution >= 4 is 17.4 Å². The molecule has 2 heterocycles. The van der Waals surface area contributed by atoms with Gasteiger partial charge in [-0.1, -0.05) is 11.6 Å². The van der Waals surface area contributed by atoms with E-state index < -0.39 is 0 Å². The smallest absolute Gasteiger partial charge is 0.148 e. The van der Waals surface area contributed by atoms with Crippen molar-refractivity contribution < 1.29 is 4.74 Å². The van der Waals surface area contributed by atoms with Crippen molar-refractivity contribution in [3.05, 3.63) is 17.5 Å². The molecule has 1 aromatic heterocycles. The standard InChI is InChI=1S/C10H14ClN3O/c1-7(9-3-2-4-15-9)14-10-8(11)5-12-6-13-10/h5-7,9H,2-4H2,1H3,(H,12,13,14). The normalized spacial score (nSPS) is 22.7. The number of halogens is 1. The fourth-order valence-electron chi connectivity index (χ4n) is 1.72. The Morgan fingerprint density at radius 3 is 3.20 bits per heavy atom. The van der Waals surface area contributed by atoms with Gasteiger partial charge in [-0.2, -0.15) is 0 Å². The van der Waals surface area contributed by atoms with E-state index in [0.717, 1.165) is 19.4 Å². The van der Waals surface area contributed by atoms with Crippen LogP contribution in [0.2, 0.25) is 5.02 Å². The zero-order valence-electron chi connectivity index (χ0n) is 8.61. The highest BCUT2D eigenvalue weighted by atomic mass is 35.5. The molecule has 0 bridgehead atoms. The van der Waals surface area contributed by atoms with Crippen LogP contribution >= 0.6 is 11.6 Å². The second-order valence-electron chi connectivity index (χ2n) is 3.70. The molecule has 0 aliphatic carbocycles. The first-order valence-electron chi connectivity index (χ1n) is 5.11. The van der Waals surface area contributed by atoms with Gasteiger partial charge in [0.15, 0.2) is 0 Å². The number of ether oxygens (including phenoxy) is 1. The molecule has 5 heteroatoms. The fourth-order valence-corrected chi connectivity index (χ4v) is 1.88. The lowest BCUT2D eigenvalue weighted by atomic mass is 10.1. The lowest BCUT2D eigenvalue weighted by Gasteiger charge is -2.20. The first-order valence-corrected chi connectivity index (χ1v) is 5.49. The van der Waals surface area contributed by atoms with Crippen molar-refractivity contribution in [3.8, 4) is 0 Å². The highest BCUT2D eigenvalue weighted by Gasteiger charge is 2.22. The Balaban J connectivity index is 1.99. The summed E-state index contributed by atoms with van der Waals surface area (Å²) in [5.74, 6) is 0.676. The molecule has 2 unspecified atom stereocenters. The summed E-state index contributed by atoms with van der Waals surface area (Å²) in [5.41, 5.74) is 0. The van der Waals surface area contributed by atoms with E-state index in [2.05, 4.69) is 22.2 Å². The zero-order chi connectivity index (χ0) is 10.7. The third-order valence-electron chi connectivity index (χ3n) is 2.55. The average molecular weight is 228 g/mol. The van der Waals surface area contributed by atoms with Crippen LogP contribution in [-0.4, -0.2) is 28.7 Å². The second-order valence-corrected chi connectivity index (χ2v) is 4.11. The topological polar surface area (TPSA) is 47.0 Å². The maximum Gasteiger partial charge on any atom is 0.148 e. The third-order valence-corrected chi connectivity index (χ3v) is 2.83. The molecule has 2 atom stereocenters. The molecule has 1 aliphatic heterocycles. The van der Waals surface area contributed by atoms with Crippen LogP contribution in [0.15, 0.2) is 12.5 Å².